The molecule has 1 amide bonds. The first-order valence-corrected chi connectivity index (χ1v) is 16.0. The van der Waals surface area contributed by atoms with E-state index in [0.717, 1.165) is 53.4 Å². The van der Waals surface area contributed by atoms with E-state index in [1.807, 2.05) is 26.0 Å². The lowest BCUT2D eigenvalue weighted by Gasteiger charge is -2.38. The third-order valence-corrected chi connectivity index (χ3v) is 10.3. The summed E-state index contributed by atoms with van der Waals surface area (Å²) in [5.74, 6) is -1.83. The Morgan fingerprint density at radius 1 is 1.05 bits per heavy atom. The molecule has 2 aliphatic carbocycles. The summed E-state index contributed by atoms with van der Waals surface area (Å²) in [5.41, 5.74) is 2.68. The van der Waals surface area contributed by atoms with E-state index in [1.165, 1.54) is 0 Å². The molecule has 0 unspecified atom stereocenters. The second-order valence-corrected chi connectivity index (χ2v) is 15.5. The summed E-state index contributed by atoms with van der Waals surface area (Å²) in [4.78, 5) is 13.7. The number of sulfonamides is 1. The van der Waals surface area contributed by atoms with Crippen LogP contribution in [0, 0.1) is 31.1 Å². The van der Waals surface area contributed by atoms with E-state index in [2.05, 4.69) is 40.9 Å². The van der Waals surface area contributed by atoms with Crippen LogP contribution in [0.4, 0.5) is 18.9 Å². The van der Waals surface area contributed by atoms with Crippen molar-refractivity contribution < 1.29 is 26.4 Å². The average molecular weight is 596 g/mol. The minimum absolute atomic E-state index is 0.167. The van der Waals surface area contributed by atoms with Gasteiger partial charge in [0.1, 0.15) is 11.6 Å². The molecule has 5 rings (SSSR count). The van der Waals surface area contributed by atoms with E-state index < -0.39 is 39.7 Å². The lowest BCUT2D eigenvalue weighted by Crippen LogP contribution is -2.37. The van der Waals surface area contributed by atoms with Crippen molar-refractivity contribution in [3.8, 4) is 0 Å². The molecule has 3 aliphatic rings. The SMILES string of the molecule is Cc1ccc(NC(=O)[C@H]2CN(S(=O)(=O)CC(F)(F)F)C[C@@H]2c2nnc(C3CC(CC(C)(C)C)C3)n2C2CC2)c(C)c1. The normalized spacial score (nSPS) is 25.8. The number of carbonyl (C=O) groups is 1. The lowest BCUT2D eigenvalue weighted by molar-refractivity contribution is -0.119. The van der Waals surface area contributed by atoms with E-state index in [0.29, 0.717) is 17.4 Å². The number of hydrogen-bond donors (Lipinski definition) is 1. The van der Waals surface area contributed by atoms with Crippen LogP contribution in [0.15, 0.2) is 18.2 Å². The number of rotatable bonds is 8. The van der Waals surface area contributed by atoms with E-state index in [-0.39, 0.29) is 30.5 Å². The van der Waals surface area contributed by atoms with Crippen LogP contribution >= 0.6 is 0 Å². The standard InChI is InChI=1S/C29H40F3N5O3S/c1-17-6-9-24(18(2)10-17)33-27(38)23-15-36(41(39,40)16-29(30,31)32)14-22(23)26-35-34-25(37(26)21-7-8-21)20-11-19(12-20)13-28(3,4)5/h6,9-10,19-23H,7-8,11-16H2,1-5H3,(H,33,38)/t19?,20?,22-,23-/m0/s1. The topological polar surface area (TPSA) is 97.2 Å². The molecule has 1 aromatic carbocycles. The molecule has 2 aromatic rings. The van der Waals surface area contributed by atoms with Gasteiger partial charge in [-0.1, -0.05) is 38.5 Å². The number of alkyl halides is 3. The van der Waals surface area contributed by atoms with Gasteiger partial charge >= 0.3 is 6.18 Å². The minimum atomic E-state index is -4.89. The summed E-state index contributed by atoms with van der Waals surface area (Å²) in [6.45, 7) is 9.89. The molecule has 0 radical (unpaired) electrons. The van der Waals surface area contributed by atoms with Crippen LogP contribution in [0.25, 0.3) is 0 Å². The number of aryl methyl sites for hydroxylation is 2. The average Bonchev–Trinajstić information content (AvgIpc) is 3.37. The van der Waals surface area contributed by atoms with Crippen molar-refractivity contribution in [3.63, 3.8) is 0 Å². The van der Waals surface area contributed by atoms with E-state index in [9.17, 15) is 26.4 Å². The molecule has 1 N–H and O–H groups in total. The number of nitrogens with one attached hydrogen (secondary N) is 1. The van der Waals surface area contributed by atoms with Crippen molar-refractivity contribution in [3.05, 3.63) is 41.0 Å². The van der Waals surface area contributed by atoms with E-state index in [1.54, 1.807) is 6.07 Å². The molecule has 1 aliphatic heterocycles. The molecule has 8 nitrogen and oxygen atoms in total. The van der Waals surface area contributed by atoms with Crippen molar-refractivity contribution in [1.82, 2.24) is 19.1 Å². The van der Waals surface area contributed by atoms with Gasteiger partial charge in [-0.3, -0.25) is 4.79 Å². The Bertz CT molecular complexity index is 1410. The van der Waals surface area contributed by atoms with Crippen molar-refractivity contribution in [2.75, 3.05) is 24.2 Å². The Labute approximate surface area is 240 Å². The highest BCUT2D eigenvalue weighted by Gasteiger charge is 2.50. The van der Waals surface area contributed by atoms with Crippen molar-refractivity contribution in [2.45, 2.75) is 90.8 Å². The molecule has 1 aromatic heterocycles. The minimum Gasteiger partial charge on any atom is -0.326 e. The van der Waals surface area contributed by atoms with Crippen molar-refractivity contribution >= 4 is 21.6 Å². The monoisotopic (exact) mass is 595 g/mol. The number of amides is 1. The Balaban J connectivity index is 1.44. The highest BCUT2D eigenvalue weighted by molar-refractivity contribution is 7.89. The second kappa shape index (κ2) is 10.7. The van der Waals surface area contributed by atoms with Crippen LogP contribution in [0.3, 0.4) is 0 Å². The van der Waals surface area contributed by atoms with Gasteiger partial charge in [-0.2, -0.15) is 13.2 Å². The zero-order chi connectivity index (χ0) is 29.9. The van der Waals surface area contributed by atoms with Crippen molar-refractivity contribution in [2.24, 2.45) is 17.3 Å². The van der Waals surface area contributed by atoms with E-state index >= 15 is 0 Å². The first-order valence-electron chi connectivity index (χ1n) is 14.4. The lowest BCUT2D eigenvalue weighted by atomic mass is 9.68. The molecule has 12 heteroatoms. The summed E-state index contributed by atoms with van der Waals surface area (Å²) in [7, 11) is -4.69. The number of hydrogen-bond acceptors (Lipinski definition) is 5. The Hall–Kier alpha value is -2.47. The predicted octanol–water partition coefficient (Wildman–Crippen LogP) is 5.71. The van der Waals surface area contributed by atoms with Gasteiger partial charge in [0.25, 0.3) is 0 Å². The number of benzene rings is 1. The summed E-state index contributed by atoms with van der Waals surface area (Å²) < 4.78 is 68.1. The van der Waals surface area contributed by atoms with Gasteiger partial charge in [-0.05, 0) is 68.9 Å². The van der Waals surface area contributed by atoms with Gasteiger partial charge in [-0.15, -0.1) is 10.2 Å². The fraction of sp³-hybridized carbons (Fsp3) is 0.690. The molecule has 226 valence electrons. The molecule has 2 atom stereocenters. The maximum Gasteiger partial charge on any atom is 0.404 e. The molecule has 0 bridgehead atoms. The van der Waals surface area contributed by atoms with Crippen molar-refractivity contribution in [1.29, 1.82) is 0 Å². The predicted molar refractivity (Wildman–Crippen MR) is 150 cm³/mol. The first-order chi connectivity index (χ1) is 19.0. The number of nitrogens with zero attached hydrogens (tertiary/aromatic N) is 4. The van der Waals surface area contributed by atoms with Crippen LogP contribution < -0.4 is 5.32 Å². The molecular formula is C29H40F3N5O3S. The number of carbonyl (C=O) groups excluding carboxylic acids is 1. The third-order valence-electron chi connectivity index (χ3n) is 8.50. The van der Waals surface area contributed by atoms with Gasteiger partial charge in [-0.25, -0.2) is 12.7 Å². The Morgan fingerprint density at radius 3 is 2.29 bits per heavy atom. The maximum atomic E-state index is 13.7. The Morgan fingerprint density at radius 2 is 1.71 bits per heavy atom. The Kier molecular flexibility index (Phi) is 7.80. The molecule has 1 saturated heterocycles. The van der Waals surface area contributed by atoms with Gasteiger partial charge in [0, 0.05) is 36.7 Å². The second-order valence-electron chi connectivity index (χ2n) is 13.5. The molecule has 3 fully saturated rings. The fourth-order valence-corrected chi connectivity index (χ4v) is 7.90. The van der Waals surface area contributed by atoms with Crippen LogP contribution in [0.1, 0.15) is 93.5 Å². The van der Waals surface area contributed by atoms with Gasteiger partial charge in [0.15, 0.2) is 5.75 Å². The van der Waals surface area contributed by atoms with Crippen LogP contribution in [-0.2, 0) is 14.8 Å². The van der Waals surface area contributed by atoms with Gasteiger partial charge in [0.2, 0.25) is 15.9 Å². The summed E-state index contributed by atoms with van der Waals surface area (Å²) in [5, 5.41) is 12.0. The quantitative estimate of drug-likeness (QED) is 0.422. The highest BCUT2D eigenvalue weighted by Crippen LogP contribution is 2.50. The van der Waals surface area contributed by atoms with Crippen LogP contribution in [-0.4, -0.2) is 58.4 Å². The summed E-state index contributed by atoms with van der Waals surface area (Å²) in [6, 6.07) is 5.72. The molecular weight excluding hydrogens is 555 g/mol. The third kappa shape index (κ3) is 6.79. The van der Waals surface area contributed by atoms with Crippen LogP contribution in [0.2, 0.25) is 0 Å². The fourth-order valence-electron chi connectivity index (χ4n) is 6.53. The first kappa shape index (κ1) is 30.0. The van der Waals surface area contributed by atoms with Gasteiger partial charge in [0.05, 0.1) is 5.92 Å². The zero-order valence-electron chi connectivity index (χ0n) is 24.3. The summed E-state index contributed by atoms with van der Waals surface area (Å²) >= 11 is 0. The smallest absolute Gasteiger partial charge is 0.326 e. The van der Waals surface area contributed by atoms with E-state index in [4.69, 9.17) is 0 Å². The molecule has 2 saturated carbocycles. The summed E-state index contributed by atoms with van der Waals surface area (Å²) in [6.07, 6.45) is 0.0771. The number of halogens is 3. The molecule has 2 heterocycles. The molecule has 41 heavy (non-hydrogen) atoms. The van der Waals surface area contributed by atoms with Crippen LogP contribution in [0.5, 0.6) is 0 Å². The zero-order valence-corrected chi connectivity index (χ0v) is 25.1. The number of aromatic nitrogens is 3. The largest absolute Gasteiger partial charge is 0.404 e. The number of anilines is 1. The molecule has 0 spiro atoms. The van der Waals surface area contributed by atoms with Gasteiger partial charge < -0.3 is 9.88 Å². The maximum absolute atomic E-state index is 13.7. The highest BCUT2D eigenvalue weighted by atomic mass is 32.2.